The molecule has 15 heavy (non-hydrogen) atoms. The molecule has 1 saturated heterocycles. The highest BCUT2D eigenvalue weighted by Crippen LogP contribution is 1.93. The second-order valence-corrected chi connectivity index (χ2v) is 4.22. The minimum absolute atomic E-state index is 0.116. The van der Waals surface area contributed by atoms with Gasteiger partial charge in [0, 0.05) is 39.1 Å². The van der Waals surface area contributed by atoms with E-state index < -0.39 is 0 Å². The van der Waals surface area contributed by atoms with Crippen molar-refractivity contribution in [1.29, 1.82) is 0 Å². The van der Waals surface area contributed by atoms with Crippen LogP contribution in [-0.2, 0) is 4.79 Å². The molecule has 0 aromatic rings. The number of piperazine rings is 1. The average molecular weight is 231 g/mol. The Bertz CT molecular complexity index is 184. The Labute approximate surface area is 97.2 Å². The van der Waals surface area contributed by atoms with E-state index in [2.05, 4.69) is 28.2 Å². The van der Waals surface area contributed by atoms with Crippen LogP contribution in [0.15, 0.2) is 0 Å². The fourth-order valence-electron chi connectivity index (χ4n) is 1.66. The van der Waals surface area contributed by atoms with Crippen molar-refractivity contribution >= 4 is 18.5 Å². The first-order valence-corrected chi connectivity index (χ1v) is 6.27. The minimum atomic E-state index is 0.116. The summed E-state index contributed by atoms with van der Waals surface area (Å²) < 4.78 is 0. The summed E-state index contributed by atoms with van der Waals surface area (Å²) in [4.78, 5) is 13.5. The molecule has 0 radical (unpaired) electrons. The summed E-state index contributed by atoms with van der Waals surface area (Å²) in [5.41, 5.74) is 0. The van der Waals surface area contributed by atoms with Crippen molar-refractivity contribution in [3.8, 4) is 0 Å². The summed E-state index contributed by atoms with van der Waals surface area (Å²) in [5, 5.41) is 6.21. The van der Waals surface area contributed by atoms with Crippen LogP contribution < -0.4 is 10.6 Å². The van der Waals surface area contributed by atoms with E-state index in [4.69, 9.17) is 0 Å². The zero-order valence-corrected chi connectivity index (χ0v) is 10.1. The van der Waals surface area contributed by atoms with E-state index in [0.717, 1.165) is 45.7 Å². The van der Waals surface area contributed by atoms with Crippen molar-refractivity contribution in [3.05, 3.63) is 0 Å². The second-order valence-electron chi connectivity index (χ2n) is 3.77. The number of carbonyl (C=O) groups is 1. The van der Waals surface area contributed by atoms with Crippen molar-refractivity contribution in [2.75, 3.05) is 45.0 Å². The van der Waals surface area contributed by atoms with Gasteiger partial charge in [0.15, 0.2) is 0 Å². The Morgan fingerprint density at radius 1 is 1.40 bits per heavy atom. The van der Waals surface area contributed by atoms with Gasteiger partial charge >= 0.3 is 0 Å². The molecular weight excluding hydrogens is 210 g/mol. The van der Waals surface area contributed by atoms with Crippen LogP contribution >= 0.6 is 12.6 Å². The molecule has 2 N–H and O–H groups in total. The molecular formula is C10H21N3OS. The van der Waals surface area contributed by atoms with E-state index in [-0.39, 0.29) is 5.91 Å². The summed E-state index contributed by atoms with van der Waals surface area (Å²) in [5.74, 6) is 0.745. The number of thiol groups is 1. The number of nitrogens with zero attached hydrogens (tertiary/aromatic N) is 1. The highest BCUT2D eigenvalue weighted by molar-refractivity contribution is 7.80. The van der Waals surface area contributed by atoms with E-state index in [1.54, 1.807) is 0 Å². The van der Waals surface area contributed by atoms with Crippen LogP contribution in [-0.4, -0.2) is 55.8 Å². The van der Waals surface area contributed by atoms with Gasteiger partial charge in [-0.3, -0.25) is 4.79 Å². The van der Waals surface area contributed by atoms with Crippen molar-refractivity contribution in [3.63, 3.8) is 0 Å². The highest BCUT2D eigenvalue weighted by atomic mass is 32.1. The molecule has 0 bridgehead atoms. The molecule has 0 saturated carbocycles. The third kappa shape index (κ3) is 6.02. The van der Waals surface area contributed by atoms with Gasteiger partial charge in [-0.25, -0.2) is 0 Å². The first-order valence-electron chi connectivity index (χ1n) is 5.63. The number of hydrogen-bond donors (Lipinski definition) is 3. The normalized spacial score (nSPS) is 17.7. The Morgan fingerprint density at radius 3 is 2.80 bits per heavy atom. The van der Waals surface area contributed by atoms with Crippen molar-refractivity contribution in [2.24, 2.45) is 0 Å². The number of amides is 1. The van der Waals surface area contributed by atoms with Gasteiger partial charge in [-0.2, -0.15) is 12.6 Å². The predicted octanol–water partition coefficient (Wildman–Crippen LogP) is -0.282. The van der Waals surface area contributed by atoms with Gasteiger partial charge in [0.1, 0.15) is 0 Å². The third-order valence-electron chi connectivity index (χ3n) is 2.52. The highest BCUT2D eigenvalue weighted by Gasteiger charge is 2.08. The molecule has 0 aliphatic carbocycles. The number of carbonyl (C=O) groups excluding carboxylic acids is 1. The quantitative estimate of drug-likeness (QED) is 0.435. The van der Waals surface area contributed by atoms with Gasteiger partial charge in [0.2, 0.25) is 5.91 Å². The lowest BCUT2D eigenvalue weighted by atomic mass is 10.3. The van der Waals surface area contributed by atoms with Crippen LogP contribution in [0, 0.1) is 0 Å². The van der Waals surface area contributed by atoms with E-state index in [9.17, 15) is 4.79 Å². The first-order chi connectivity index (χ1) is 7.33. The summed E-state index contributed by atoms with van der Waals surface area (Å²) in [6, 6.07) is 0. The fraction of sp³-hybridized carbons (Fsp3) is 0.900. The zero-order valence-electron chi connectivity index (χ0n) is 9.17. The monoisotopic (exact) mass is 231 g/mol. The summed E-state index contributed by atoms with van der Waals surface area (Å²) >= 11 is 4.01. The molecule has 0 spiro atoms. The molecule has 88 valence electrons. The van der Waals surface area contributed by atoms with Crippen LogP contribution in [0.3, 0.4) is 0 Å². The molecule has 1 amide bonds. The van der Waals surface area contributed by atoms with Gasteiger partial charge < -0.3 is 15.5 Å². The molecule has 5 heteroatoms. The average Bonchev–Trinajstić information content (AvgIpc) is 2.26. The predicted molar refractivity (Wildman–Crippen MR) is 65.4 cm³/mol. The lowest BCUT2D eigenvalue weighted by Gasteiger charge is -2.27. The summed E-state index contributed by atoms with van der Waals surface area (Å²) in [7, 11) is 0. The summed E-state index contributed by atoms with van der Waals surface area (Å²) in [6.07, 6.45) is 1.56. The standard InChI is InChI=1S/C10H21N3OS/c14-10(2-9-15)12-3-1-6-13-7-4-11-5-8-13/h11,15H,1-9H2,(H,12,14). The van der Waals surface area contributed by atoms with E-state index in [0.29, 0.717) is 12.2 Å². The lowest BCUT2D eigenvalue weighted by Crippen LogP contribution is -2.44. The van der Waals surface area contributed by atoms with Crippen LogP contribution in [0.25, 0.3) is 0 Å². The Hall–Kier alpha value is -0.260. The first kappa shape index (κ1) is 12.8. The number of hydrogen-bond acceptors (Lipinski definition) is 4. The topological polar surface area (TPSA) is 44.4 Å². The van der Waals surface area contributed by atoms with Crippen LogP contribution in [0.4, 0.5) is 0 Å². The van der Waals surface area contributed by atoms with Gasteiger partial charge in [-0.05, 0) is 18.7 Å². The van der Waals surface area contributed by atoms with Crippen LogP contribution in [0.2, 0.25) is 0 Å². The fourth-order valence-corrected chi connectivity index (χ4v) is 1.86. The molecule has 1 aliphatic heterocycles. The van der Waals surface area contributed by atoms with Crippen molar-refractivity contribution in [2.45, 2.75) is 12.8 Å². The van der Waals surface area contributed by atoms with E-state index in [1.165, 1.54) is 0 Å². The van der Waals surface area contributed by atoms with E-state index in [1.807, 2.05) is 0 Å². The van der Waals surface area contributed by atoms with Crippen LogP contribution in [0.1, 0.15) is 12.8 Å². The molecule has 0 aromatic carbocycles. The SMILES string of the molecule is O=C(CCS)NCCCN1CCNCC1. The molecule has 0 unspecified atom stereocenters. The van der Waals surface area contributed by atoms with Crippen LogP contribution in [0.5, 0.6) is 0 Å². The van der Waals surface area contributed by atoms with Crippen molar-refractivity contribution in [1.82, 2.24) is 15.5 Å². The molecule has 4 nitrogen and oxygen atoms in total. The number of nitrogens with one attached hydrogen (secondary N) is 2. The molecule has 1 aliphatic rings. The van der Waals surface area contributed by atoms with Gasteiger partial charge in [-0.1, -0.05) is 0 Å². The smallest absolute Gasteiger partial charge is 0.220 e. The minimum Gasteiger partial charge on any atom is -0.356 e. The molecule has 1 fully saturated rings. The Morgan fingerprint density at radius 2 is 2.13 bits per heavy atom. The second kappa shape index (κ2) is 7.96. The van der Waals surface area contributed by atoms with Crippen molar-refractivity contribution < 1.29 is 4.79 Å². The maximum Gasteiger partial charge on any atom is 0.220 e. The zero-order chi connectivity index (χ0) is 10.9. The molecule has 0 aromatic heterocycles. The Balaban J connectivity index is 1.93. The molecule has 1 rings (SSSR count). The van der Waals surface area contributed by atoms with E-state index >= 15 is 0 Å². The summed E-state index contributed by atoms with van der Waals surface area (Å²) in [6.45, 7) is 6.31. The number of rotatable bonds is 6. The van der Waals surface area contributed by atoms with Gasteiger partial charge in [0.05, 0.1) is 0 Å². The maximum absolute atomic E-state index is 11.1. The largest absolute Gasteiger partial charge is 0.356 e. The maximum atomic E-state index is 11.1. The third-order valence-corrected chi connectivity index (χ3v) is 2.75. The van der Waals surface area contributed by atoms with Gasteiger partial charge in [0.25, 0.3) is 0 Å². The Kier molecular flexibility index (Phi) is 6.80. The molecule has 1 heterocycles. The van der Waals surface area contributed by atoms with Gasteiger partial charge in [-0.15, -0.1) is 0 Å². The lowest BCUT2D eigenvalue weighted by molar-refractivity contribution is -0.120. The molecule has 0 atom stereocenters.